The largest absolute Gasteiger partial charge is 0.508 e. The highest BCUT2D eigenvalue weighted by Gasteiger charge is 2.13. The predicted molar refractivity (Wildman–Crippen MR) is 45.6 cm³/mol. The maximum absolute atomic E-state index is 13.2. The standard InChI is InChI=1S/C9H12FNO/c1-6(11)9(10)7-2-4-8(12)5-3-7/h2-6,9,12H,11H2,1H3. The van der Waals surface area contributed by atoms with E-state index in [9.17, 15) is 4.39 Å². The lowest BCUT2D eigenvalue weighted by Gasteiger charge is -2.11. The fourth-order valence-corrected chi connectivity index (χ4v) is 0.962. The third-order valence-corrected chi connectivity index (χ3v) is 1.67. The Balaban J connectivity index is 2.82. The molecule has 1 aromatic rings. The van der Waals surface area contributed by atoms with Crippen molar-refractivity contribution < 1.29 is 9.50 Å². The SMILES string of the molecule is CC(N)C(F)c1ccc(O)cc1. The van der Waals surface area contributed by atoms with Crippen molar-refractivity contribution in [1.82, 2.24) is 0 Å². The van der Waals surface area contributed by atoms with Gasteiger partial charge in [-0.15, -0.1) is 0 Å². The minimum atomic E-state index is -1.16. The molecule has 1 aromatic carbocycles. The number of rotatable bonds is 2. The van der Waals surface area contributed by atoms with Crippen molar-refractivity contribution >= 4 is 0 Å². The van der Waals surface area contributed by atoms with Crippen LogP contribution in [0.4, 0.5) is 4.39 Å². The number of aromatic hydroxyl groups is 1. The average molecular weight is 169 g/mol. The van der Waals surface area contributed by atoms with E-state index in [4.69, 9.17) is 10.8 Å². The molecule has 12 heavy (non-hydrogen) atoms. The fourth-order valence-electron chi connectivity index (χ4n) is 0.962. The zero-order valence-electron chi connectivity index (χ0n) is 6.87. The van der Waals surface area contributed by atoms with Gasteiger partial charge in [-0.3, -0.25) is 0 Å². The molecule has 2 unspecified atom stereocenters. The highest BCUT2D eigenvalue weighted by molar-refractivity contribution is 5.27. The second-order valence-electron chi connectivity index (χ2n) is 2.85. The van der Waals surface area contributed by atoms with E-state index in [0.29, 0.717) is 5.56 Å². The van der Waals surface area contributed by atoms with Gasteiger partial charge in [0, 0.05) is 6.04 Å². The van der Waals surface area contributed by atoms with E-state index in [0.717, 1.165) is 0 Å². The minimum absolute atomic E-state index is 0.135. The quantitative estimate of drug-likeness (QED) is 0.708. The molecule has 1 rings (SSSR count). The Morgan fingerprint density at radius 1 is 1.33 bits per heavy atom. The molecule has 0 aromatic heterocycles. The smallest absolute Gasteiger partial charge is 0.140 e. The topological polar surface area (TPSA) is 46.2 Å². The molecule has 2 nitrogen and oxygen atoms in total. The molecule has 2 atom stereocenters. The number of phenols is 1. The van der Waals surface area contributed by atoms with Crippen LogP contribution in [-0.4, -0.2) is 11.1 Å². The Labute approximate surface area is 70.8 Å². The Morgan fingerprint density at radius 2 is 1.83 bits per heavy atom. The molecule has 0 saturated heterocycles. The van der Waals surface area contributed by atoms with Crippen LogP contribution in [0.5, 0.6) is 5.75 Å². The van der Waals surface area contributed by atoms with Crippen LogP contribution in [0.1, 0.15) is 18.7 Å². The van der Waals surface area contributed by atoms with E-state index in [1.54, 1.807) is 6.92 Å². The number of nitrogens with two attached hydrogens (primary N) is 1. The maximum atomic E-state index is 13.2. The van der Waals surface area contributed by atoms with Crippen molar-refractivity contribution in [2.45, 2.75) is 19.1 Å². The number of halogens is 1. The first-order chi connectivity index (χ1) is 5.61. The Morgan fingerprint density at radius 3 is 2.25 bits per heavy atom. The van der Waals surface area contributed by atoms with Crippen molar-refractivity contribution in [3.63, 3.8) is 0 Å². The average Bonchev–Trinajstić information content (AvgIpc) is 2.04. The van der Waals surface area contributed by atoms with Crippen LogP contribution < -0.4 is 5.73 Å². The molecule has 0 heterocycles. The summed E-state index contributed by atoms with van der Waals surface area (Å²) in [6.45, 7) is 1.61. The summed E-state index contributed by atoms with van der Waals surface area (Å²) in [5.41, 5.74) is 5.87. The van der Waals surface area contributed by atoms with Crippen molar-refractivity contribution in [3.05, 3.63) is 29.8 Å². The van der Waals surface area contributed by atoms with Crippen LogP contribution in [0, 0.1) is 0 Å². The summed E-state index contributed by atoms with van der Waals surface area (Å²) < 4.78 is 13.2. The second-order valence-corrected chi connectivity index (χ2v) is 2.85. The van der Waals surface area contributed by atoms with Gasteiger partial charge in [0.25, 0.3) is 0 Å². The van der Waals surface area contributed by atoms with Crippen molar-refractivity contribution in [2.24, 2.45) is 5.73 Å². The zero-order chi connectivity index (χ0) is 9.14. The lowest BCUT2D eigenvalue weighted by molar-refractivity contribution is 0.300. The summed E-state index contributed by atoms with van der Waals surface area (Å²) in [6, 6.07) is 5.44. The lowest BCUT2D eigenvalue weighted by atomic mass is 10.1. The monoisotopic (exact) mass is 169 g/mol. The summed E-state index contributed by atoms with van der Waals surface area (Å²) in [5.74, 6) is 0.135. The van der Waals surface area contributed by atoms with Crippen LogP contribution in [0.3, 0.4) is 0 Å². The summed E-state index contributed by atoms with van der Waals surface area (Å²) in [4.78, 5) is 0. The summed E-state index contributed by atoms with van der Waals surface area (Å²) in [7, 11) is 0. The van der Waals surface area contributed by atoms with Gasteiger partial charge in [-0.05, 0) is 24.6 Å². The van der Waals surface area contributed by atoms with Gasteiger partial charge in [-0.25, -0.2) is 4.39 Å². The minimum Gasteiger partial charge on any atom is -0.508 e. The van der Waals surface area contributed by atoms with Gasteiger partial charge < -0.3 is 10.8 Å². The molecule has 0 aliphatic rings. The highest BCUT2D eigenvalue weighted by atomic mass is 19.1. The number of benzene rings is 1. The summed E-state index contributed by atoms with van der Waals surface area (Å²) >= 11 is 0. The van der Waals surface area contributed by atoms with Gasteiger partial charge >= 0.3 is 0 Å². The third kappa shape index (κ3) is 1.95. The molecule has 0 bridgehead atoms. The van der Waals surface area contributed by atoms with E-state index in [2.05, 4.69) is 0 Å². The van der Waals surface area contributed by atoms with Crippen LogP contribution in [0.2, 0.25) is 0 Å². The normalized spacial score (nSPS) is 15.6. The molecule has 0 radical (unpaired) electrons. The highest BCUT2D eigenvalue weighted by Crippen LogP contribution is 2.21. The van der Waals surface area contributed by atoms with Crippen LogP contribution in [0.15, 0.2) is 24.3 Å². The van der Waals surface area contributed by atoms with Crippen LogP contribution in [0.25, 0.3) is 0 Å². The van der Waals surface area contributed by atoms with E-state index in [1.165, 1.54) is 24.3 Å². The van der Waals surface area contributed by atoms with Crippen LogP contribution >= 0.6 is 0 Å². The predicted octanol–water partition coefficient (Wildman–Crippen LogP) is 1.75. The molecular formula is C9H12FNO. The molecule has 0 aliphatic heterocycles. The first kappa shape index (κ1) is 9.00. The molecule has 0 aliphatic carbocycles. The Bertz CT molecular complexity index is 245. The van der Waals surface area contributed by atoms with Gasteiger partial charge in [0.2, 0.25) is 0 Å². The van der Waals surface area contributed by atoms with Crippen molar-refractivity contribution in [1.29, 1.82) is 0 Å². The first-order valence-electron chi connectivity index (χ1n) is 3.80. The van der Waals surface area contributed by atoms with E-state index in [-0.39, 0.29) is 5.75 Å². The van der Waals surface area contributed by atoms with Crippen molar-refractivity contribution in [2.75, 3.05) is 0 Å². The Hall–Kier alpha value is -1.09. The van der Waals surface area contributed by atoms with Gasteiger partial charge in [-0.1, -0.05) is 12.1 Å². The number of hydrogen-bond donors (Lipinski definition) is 2. The third-order valence-electron chi connectivity index (χ3n) is 1.67. The summed E-state index contributed by atoms with van der Waals surface area (Å²) in [5, 5.41) is 8.92. The maximum Gasteiger partial charge on any atom is 0.140 e. The van der Waals surface area contributed by atoms with Gasteiger partial charge in [0.1, 0.15) is 11.9 Å². The number of alkyl halides is 1. The summed E-state index contributed by atoms with van der Waals surface area (Å²) in [6.07, 6.45) is -1.16. The van der Waals surface area contributed by atoms with Crippen LogP contribution in [-0.2, 0) is 0 Å². The molecular weight excluding hydrogens is 157 g/mol. The molecule has 0 spiro atoms. The number of phenolic OH excluding ortho intramolecular Hbond substituents is 1. The van der Waals surface area contributed by atoms with E-state index in [1.807, 2.05) is 0 Å². The molecule has 3 heteroatoms. The second kappa shape index (κ2) is 3.54. The molecule has 0 fully saturated rings. The molecule has 66 valence electrons. The lowest BCUT2D eigenvalue weighted by Crippen LogP contribution is -2.21. The van der Waals surface area contributed by atoms with Crippen molar-refractivity contribution in [3.8, 4) is 5.75 Å². The van der Waals surface area contributed by atoms with E-state index >= 15 is 0 Å². The fraction of sp³-hybridized carbons (Fsp3) is 0.333. The van der Waals surface area contributed by atoms with Gasteiger partial charge in [0.05, 0.1) is 0 Å². The van der Waals surface area contributed by atoms with Gasteiger partial charge in [0.15, 0.2) is 0 Å². The van der Waals surface area contributed by atoms with E-state index < -0.39 is 12.2 Å². The molecule has 3 N–H and O–H groups in total. The molecule has 0 saturated carbocycles. The zero-order valence-corrected chi connectivity index (χ0v) is 6.87. The van der Waals surface area contributed by atoms with Gasteiger partial charge in [-0.2, -0.15) is 0 Å². The molecule has 0 amide bonds. The first-order valence-corrected chi connectivity index (χ1v) is 3.80. The number of hydrogen-bond acceptors (Lipinski definition) is 2. The Kier molecular flexibility index (Phi) is 2.65.